The van der Waals surface area contributed by atoms with Gasteiger partial charge in [0.1, 0.15) is 10.6 Å². The molecule has 0 spiro atoms. The third-order valence-corrected chi connectivity index (χ3v) is 5.28. The van der Waals surface area contributed by atoms with Crippen molar-refractivity contribution in [3.8, 4) is 0 Å². The highest BCUT2D eigenvalue weighted by atomic mass is 32.1. The first-order chi connectivity index (χ1) is 9.52. The first-order valence-electron chi connectivity index (χ1n) is 6.36. The summed E-state index contributed by atoms with van der Waals surface area (Å²) < 4.78 is 0. The Morgan fingerprint density at radius 3 is 2.65 bits per heavy atom. The number of nitrogens with two attached hydrogens (primary N) is 1. The number of nitrogens with zero attached hydrogens (tertiary/aromatic N) is 2. The molecule has 0 fully saturated rings. The van der Waals surface area contributed by atoms with Gasteiger partial charge in [0.2, 0.25) is 5.95 Å². The van der Waals surface area contributed by atoms with Crippen LogP contribution >= 0.6 is 22.7 Å². The molecule has 0 saturated carbocycles. The van der Waals surface area contributed by atoms with Crippen molar-refractivity contribution in [2.45, 2.75) is 27.3 Å². The number of nitrogens with one attached hydrogen (secondary N) is 1. The summed E-state index contributed by atoms with van der Waals surface area (Å²) in [6.45, 7) is 7.11. The maximum Gasteiger partial charge on any atom is 0.223 e. The van der Waals surface area contributed by atoms with Gasteiger partial charge in [-0.05, 0) is 38.5 Å². The smallest absolute Gasteiger partial charge is 0.223 e. The van der Waals surface area contributed by atoms with Crippen molar-refractivity contribution in [2.75, 3.05) is 11.1 Å². The quantitative estimate of drug-likeness (QED) is 0.771. The van der Waals surface area contributed by atoms with Crippen molar-refractivity contribution in [1.29, 1.82) is 0 Å². The molecule has 0 atom stereocenters. The maximum atomic E-state index is 5.78. The summed E-state index contributed by atoms with van der Waals surface area (Å²) in [4.78, 5) is 13.4. The number of thiophene rings is 2. The molecule has 6 heteroatoms. The Kier molecular flexibility index (Phi) is 3.35. The molecule has 0 radical (unpaired) electrons. The van der Waals surface area contributed by atoms with Crippen molar-refractivity contribution in [1.82, 2.24) is 9.97 Å². The van der Waals surface area contributed by atoms with Crippen LogP contribution in [0.4, 0.5) is 11.8 Å². The molecular weight excluding hydrogens is 288 g/mol. The van der Waals surface area contributed by atoms with Gasteiger partial charge in [-0.2, -0.15) is 4.98 Å². The number of anilines is 2. The lowest BCUT2D eigenvalue weighted by Gasteiger charge is -2.05. The Bertz CT molecular complexity index is 753. The van der Waals surface area contributed by atoms with Crippen LogP contribution in [0.1, 0.15) is 20.2 Å². The topological polar surface area (TPSA) is 63.8 Å². The molecule has 20 heavy (non-hydrogen) atoms. The predicted octanol–water partition coefficient (Wildman–Crippen LogP) is 3.87. The normalized spacial score (nSPS) is 11.2. The lowest BCUT2D eigenvalue weighted by atomic mass is 10.3. The summed E-state index contributed by atoms with van der Waals surface area (Å²) in [7, 11) is 0. The molecule has 0 amide bonds. The third kappa shape index (κ3) is 2.48. The average Bonchev–Trinajstić information content (AvgIpc) is 2.89. The van der Waals surface area contributed by atoms with E-state index in [2.05, 4.69) is 48.2 Å². The van der Waals surface area contributed by atoms with E-state index >= 15 is 0 Å². The third-order valence-electron chi connectivity index (χ3n) is 3.18. The zero-order valence-corrected chi connectivity index (χ0v) is 13.3. The van der Waals surface area contributed by atoms with Gasteiger partial charge in [-0.25, -0.2) is 4.98 Å². The minimum absolute atomic E-state index is 0.320. The van der Waals surface area contributed by atoms with Crippen LogP contribution in [0.15, 0.2) is 12.1 Å². The summed E-state index contributed by atoms with van der Waals surface area (Å²) in [5, 5.41) is 4.43. The van der Waals surface area contributed by atoms with E-state index in [9.17, 15) is 0 Å². The number of rotatable bonds is 3. The number of aromatic nitrogens is 2. The first kappa shape index (κ1) is 13.3. The zero-order chi connectivity index (χ0) is 14.3. The van der Waals surface area contributed by atoms with E-state index < -0.39 is 0 Å². The summed E-state index contributed by atoms with van der Waals surface area (Å²) in [6.07, 6.45) is 0. The Labute approximate surface area is 125 Å². The van der Waals surface area contributed by atoms with Gasteiger partial charge in [0.25, 0.3) is 0 Å². The van der Waals surface area contributed by atoms with E-state index in [1.807, 2.05) is 11.3 Å². The molecule has 0 aliphatic carbocycles. The summed E-state index contributed by atoms with van der Waals surface area (Å²) >= 11 is 3.45. The van der Waals surface area contributed by atoms with Gasteiger partial charge < -0.3 is 11.1 Å². The minimum atomic E-state index is 0.320. The molecule has 3 heterocycles. The summed E-state index contributed by atoms with van der Waals surface area (Å²) in [5.41, 5.74) is 7.12. The summed E-state index contributed by atoms with van der Waals surface area (Å²) in [5.74, 6) is 1.14. The van der Waals surface area contributed by atoms with Crippen LogP contribution in [0.25, 0.3) is 10.2 Å². The van der Waals surface area contributed by atoms with Crippen molar-refractivity contribution in [3.63, 3.8) is 0 Å². The van der Waals surface area contributed by atoms with Crippen LogP contribution in [0.2, 0.25) is 0 Å². The van der Waals surface area contributed by atoms with Crippen LogP contribution in [0.3, 0.4) is 0 Å². The number of hydrogen-bond donors (Lipinski definition) is 2. The fraction of sp³-hybridized carbons (Fsp3) is 0.286. The van der Waals surface area contributed by atoms with Gasteiger partial charge in [0.05, 0.1) is 11.9 Å². The first-order valence-corrected chi connectivity index (χ1v) is 7.99. The molecule has 0 unspecified atom stereocenters. The van der Waals surface area contributed by atoms with Gasteiger partial charge in [-0.1, -0.05) is 0 Å². The van der Waals surface area contributed by atoms with Crippen LogP contribution in [0.5, 0.6) is 0 Å². The van der Waals surface area contributed by atoms with Crippen LogP contribution in [-0.2, 0) is 6.54 Å². The molecular formula is C14H16N4S2. The summed E-state index contributed by atoms with van der Waals surface area (Å²) in [6, 6.07) is 4.32. The second kappa shape index (κ2) is 5.03. The minimum Gasteiger partial charge on any atom is -0.368 e. The van der Waals surface area contributed by atoms with Crippen molar-refractivity contribution in [3.05, 3.63) is 32.3 Å². The Hall–Kier alpha value is -1.66. The van der Waals surface area contributed by atoms with E-state index in [4.69, 9.17) is 5.73 Å². The zero-order valence-electron chi connectivity index (χ0n) is 11.7. The lowest BCUT2D eigenvalue weighted by molar-refractivity contribution is 1.13. The second-order valence-electron chi connectivity index (χ2n) is 4.81. The van der Waals surface area contributed by atoms with Gasteiger partial charge in [-0.3, -0.25) is 0 Å². The Balaban J connectivity index is 1.90. The Morgan fingerprint density at radius 2 is 1.95 bits per heavy atom. The SMILES string of the molecule is Cc1cc2c(NCc3cc(C)c(C)s3)nc(N)nc2s1. The van der Waals surface area contributed by atoms with Crippen molar-refractivity contribution < 1.29 is 0 Å². The largest absolute Gasteiger partial charge is 0.368 e. The molecule has 0 aliphatic heterocycles. The molecule has 3 aromatic heterocycles. The average molecular weight is 304 g/mol. The van der Waals surface area contributed by atoms with Crippen molar-refractivity contribution in [2.24, 2.45) is 0 Å². The van der Waals surface area contributed by atoms with Crippen LogP contribution in [0, 0.1) is 20.8 Å². The van der Waals surface area contributed by atoms with Crippen molar-refractivity contribution >= 4 is 44.7 Å². The highest BCUT2D eigenvalue weighted by Crippen LogP contribution is 2.30. The van der Waals surface area contributed by atoms with Gasteiger partial charge >= 0.3 is 0 Å². The van der Waals surface area contributed by atoms with Gasteiger partial charge in [0, 0.05) is 14.6 Å². The number of nitrogen functional groups attached to an aromatic ring is 1. The lowest BCUT2D eigenvalue weighted by Crippen LogP contribution is -2.03. The molecule has 4 nitrogen and oxygen atoms in total. The fourth-order valence-corrected chi connectivity index (χ4v) is 3.98. The molecule has 3 N–H and O–H groups in total. The van der Waals surface area contributed by atoms with E-state index in [-0.39, 0.29) is 0 Å². The number of hydrogen-bond acceptors (Lipinski definition) is 6. The van der Waals surface area contributed by atoms with E-state index in [0.717, 1.165) is 22.6 Å². The number of aryl methyl sites for hydroxylation is 3. The molecule has 0 aliphatic rings. The predicted molar refractivity (Wildman–Crippen MR) is 87.7 cm³/mol. The molecule has 104 valence electrons. The monoisotopic (exact) mass is 304 g/mol. The highest BCUT2D eigenvalue weighted by molar-refractivity contribution is 7.18. The molecule has 3 aromatic rings. The molecule has 0 bridgehead atoms. The van der Waals surface area contributed by atoms with Crippen LogP contribution in [-0.4, -0.2) is 9.97 Å². The van der Waals surface area contributed by atoms with E-state index in [1.54, 1.807) is 11.3 Å². The van der Waals surface area contributed by atoms with Crippen LogP contribution < -0.4 is 11.1 Å². The number of fused-ring (bicyclic) bond motifs is 1. The molecule has 0 aromatic carbocycles. The van der Waals surface area contributed by atoms with E-state index in [0.29, 0.717) is 5.95 Å². The second-order valence-corrected chi connectivity index (χ2v) is 7.39. The maximum absolute atomic E-state index is 5.78. The fourth-order valence-electron chi connectivity index (χ4n) is 2.10. The highest BCUT2D eigenvalue weighted by Gasteiger charge is 2.10. The van der Waals surface area contributed by atoms with E-state index in [1.165, 1.54) is 20.2 Å². The Morgan fingerprint density at radius 1 is 1.15 bits per heavy atom. The molecule has 3 rings (SSSR count). The standard InChI is InChI=1S/C14H16N4S2/c1-7-4-10(20-9(7)3)6-16-12-11-5-8(2)19-13(11)18-14(15)17-12/h4-5H,6H2,1-3H3,(H3,15,16,17,18). The van der Waals surface area contributed by atoms with Gasteiger partial charge in [-0.15, -0.1) is 22.7 Å². The van der Waals surface area contributed by atoms with Gasteiger partial charge in [0.15, 0.2) is 0 Å². The molecule has 0 saturated heterocycles.